The molecule has 1 unspecified atom stereocenters. The second-order valence-electron chi connectivity index (χ2n) is 5.48. The van der Waals surface area contributed by atoms with Crippen LogP contribution in [0.25, 0.3) is 0 Å². The zero-order chi connectivity index (χ0) is 14.4. The van der Waals surface area contributed by atoms with Crippen LogP contribution in [0.15, 0.2) is 18.2 Å². The molecule has 4 heteroatoms. The van der Waals surface area contributed by atoms with E-state index in [0.717, 1.165) is 43.9 Å². The summed E-state index contributed by atoms with van der Waals surface area (Å²) in [5.41, 5.74) is 7.70. The highest BCUT2D eigenvalue weighted by molar-refractivity contribution is 5.61. The van der Waals surface area contributed by atoms with E-state index in [9.17, 15) is 0 Å². The standard InChI is InChI=1S/C16H26N2O2/c1-3-8-20-16-11-14(4-5-15(16)17)18-12(2)13-6-9-19-10-7-13/h4-5,11-13,18H,3,6-10,17H2,1-2H3. The molecule has 3 N–H and O–H groups in total. The molecule has 20 heavy (non-hydrogen) atoms. The van der Waals surface area contributed by atoms with Gasteiger partial charge in [0.05, 0.1) is 12.3 Å². The molecule has 1 aliphatic heterocycles. The summed E-state index contributed by atoms with van der Waals surface area (Å²) in [7, 11) is 0. The molecule has 1 aromatic rings. The first kappa shape index (κ1) is 15.0. The van der Waals surface area contributed by atoms with Crippen molar-refractivity contribution in [3.63, 3.8) is 0 Å². The predicted octanol–water partition coefficient (Wildman–Crippen LogP) is 3.28. The Kier molecular flexibility index (Phi) is 5.53. The van der Waals surface area contributed by atoms with Crippen LogP contribution in [0.3, 0.4) is 0 Å². The van der Waals surface area contributed by atoms with Gasteiger partial charge in [0.25, 0.3) is 0 Å². The minimum atomic E-state index is 0.432. The van der Waals surface area contributed by atoms with Crippen molar-refractivity contribution in [3.05, 3.63) is 18.2 Å². The molecule has 0 saturated carbocycles. The van der Waals surface area contributed by atoms with Gasteiger partial charge in [-0.2, -0.15) is 0 Å². The van der Waals surface area contributed by atoms with Crippen molar-refractivity contribution in [2.45, 2.75) is 39.2 Å². The topological polar surface area (TPSA) is 56.5 Å². The SMILES string of the molecule is CCCOc1cc(NC(C)C2CCOCC2)ccc1N. The molecular formula is C16H26N2O2. The number of anilines is 2. The molecule has 1 atom stereocenters. The first-order valence-corrected chi connectivity index (χ1v) is 7.57. The maximum atomic E-state index is 5.93. The molecule has 1 aliphatic rings. The first-order valence-electron chi connectivity index (χ1n) is 7.57. The zero-order valence-corrected chi connectivity index (χ0v) is 12.5. The van der Waals surface area contributed by atoms with Gasteiger partial charge in [-0.15, -0.1) is 0 Å². The number of ether oxygens (including phenoxy) is 2. The molecular weight excluding hydrogens is 252 g/mol. The van der Waals surface area contributed by atoms with Crippen molar-refractivity contribution < 1.29 is 9.47 Å². The van der Waals surface area contributed by atoms with E-state index < -0.39 is 0 Å². The fraction of sp³-hybridized carbons (Fsp3) is 0.625. The van der Waals surface area contributed by atoms with Gasteiger partial charge in [-0.05, 0) is 44.2 Å². The predicted molar refractivity (Wildman–Crippen MR) is 83.3 cm³/mol. The maximum absolute atomic E-state index is 5.93. The van der Waals surface area contributed by atoms with Gasteiger partial charge >= 0.3 is 0 Å². The van der Waals surface area contributed by atoms with Crippen LogP contribution < -0.4 is 15.8 Å². The van der Waals surface area contributed by atoms with Gasteiger partial charge in [0.2, 0.25) is 0 Å². The number of benzene rings is 1. The van der Waals surface area contributed by atoms with Gasteiger partial charge in [0.15, 0.2) is 0 Å². The number of hydrogen-bond acceptors (Lipinski definition) is 4. The minimum Gasteiger partial charge on any atom is -0.491 e. The molecule has 4 nitrogen and oxygen atoms in total. The maximum Gasteiger partial charge on any atom is 0.144 e. The molecule has 0 amide bonds. The summed E-state index contributed by atoms with van der Waals surface area (Å²) in [5, 5.41) is 3.56. The van der Waals surface area contributed by atoms with Crippen LogP contribution in [-0.4, -0.2) is 25.9 Å². The molecule has 0 spiro atoms. The van der Waals surface area contributed by atoms with Crippen molar-refractivity contribution in [2.75, 3.05) is 30.9 Å². The summed E-state index contributed by atoms with van der Waals surface area (Å²) in [6.07, 6.45) is 3.24. The van der Waals surface area contributed by atoms with Gasteiger partial charge in [-0.25, -0.2) is 0 Å². The lowest BCUT2D eigenvalue weighted by Gasteiger charge is -2.29. The Balaban J connectivity index is 1.97. The van der Waals surface area contributed by atoms with Gasteiger partial charge in [0, 0.05) is 31.0 Å². The molecule has 0 aromatic heterocycles. The average Bonchev–Trinajstić information content (AvgIpc) is 2.48. The van der Waals surface area contributed by atoms with E-state index in [2.05, 4.69) is 19.2 Å². The lowest BCUT2D eigenvalue weighted by molar-refractivity contribution is 0.0622. The first-order chi connectivity index (χ1) is 9.70. The second kappa shape index (κ2) is 7.39. The fourth-order valence-corrected chi connectivity index (χ4v) is 2.56. The molecule has 2 rings (SSSR count). The summed E-state index contributed by atoms with van der Waals surface area (Å²) in [4.78, 5) is 0. The lowest BCUT2D eigenvalue weighted by Crippen LogP contribution is -2.30. The smallest absolute Gasteiger partial charge is 0.144 e. The number of nitrogens with one attached hydrogen (secondary N) is 1. The summed E-state index contributed by atoms with van der Waals surface area (Å²) in [5.74, 6) is 1.44. The van der Waals surface area contributed by atoms with Crippen molar-refractivity contribution in [1.29, 1.82) is 0 Å². The summed E-state index contributed by atoms with van der Waals surface area (Å²) >= 11 is 0. The Morgan fingerprint density at radius 2 is 2.15 bits per heavy atom. The van der Waals surface area contributed by atoms with Gasteiger partial charge < -0.3 is 20.5 Å². The Morgan fingerprint density at radius 3 is 2.85 bits per heavy atom. The van der Waals surface area contributed by atoms with E-state index in [1.807, 2.05) is 18.2 Å². The van der Waals surface area contributed by atoms with E-state index in [1.165, 1.54) is 0 Å². The number of nitrogens with two attached hydrogens (primary N) is 1. The van der Waals surface area contributed by atoms with Crippen molar-refractivity contribution >= 4 is 11.4 Å². The summed E-state index contributed by atoms with van der Waals surface area (Å²) in [6, 6.07) is 6.36. The third-order valence-electron chi connectivity index (χ3n) is 3.84. The molecule has 1 fully saturated rings. The van der Waals surface area contributed by atoms with Gasteiger partial charge in [-0.1, -0.05) is 6.92 Å². The van der Waals surface area contributed by atoms with Crippen LogP contribution in [0.2, 0.25) is 0 Å². The summed E-state index contributed by atoms with van der Waals surface area (Å²) in [6.45, 7) is 6.78. The van der Waals surface area contributed by atoms with Gasteiger partial charge in [-0.3, -0.25) is 0 Å². The zero-order valence-electron chi connectivity index (χ0n) is 12.5. The Morgan fingerprint density at radius 1 is 1.40 bits per heavy atom. The van der Waals surface area contributed by atoms with E-state index >= 15 is 0 Å². The van der Waals surface area contributed by atoms with Crippen molar-refractivity contribution in [3.8, 4) is 5.75 Å². The number of hydrogen-bond donors (Lipinski definition) is 2. The van der Waals surface area contributed by atoms with Crippen LogP contribution in [0.1, 0.15) is 33.1 Å². The van der Waals surface area contributed by atoms with Crippen molar-refractivity contribution in [1.82, 2.24) is 0 Å². The van der Waals surface area contributed by atoms with E-state index in [1.54, 1.807) is 0 Å². The fourth-order valence-electron chi connectivity index (χ4n) is 2.56. The highest BCUT2D eigenvalue weighted by atomic mass is 16.5. The molecule has 1 saturated heterocycles. The van der Waals surface area contributed by atoms with Crippen molar-refractivity contribution in [2.24, 2.45) is 5.92 Å². The second-order valence-corrected chi connectivity index (χ2v) is 5.48. The van der Waals surface area contributed by atoms with E-state index in [-0.39, 0.29) is 0 Å². The molecule has 1 aromatic carbocycles. The summed E-state index contributed by atoms with van der Waals surface area (Å²) < 4.78 is 11.1. The Labute approximate surface area is 121 Å². The molecule has 0 aliphatic carbocycles. The van der Waals surface area contributed by atoms with Crippen LogP contribution in [0.4, 0.5) is 11.4 Å². The lowest BCUT2D eigenvalue weighted by atomic mass is 9.93. The van der Waals surface area contributed by atoms with Crippen LogP contribution in [-0.2, 0) is 4.74 Å². The number of rotatable bonds is 6. The minimum absolute atomic E-state index is 0.432. The molecule has 112 valence electrons. The molecule has 0 radical (unpaired) electrons. The molecule has 1 heterocycles. The normalized spacial score (nSPS) is 17.7. The van der Waals surface area contributed by atoms with E-state index in [4.69, 9.17) is 15.2 Å². The van der Waals surface area contributed by atoms with Crippen LogP contribution >= 0.6 is 0 Å². The highest BCUT2D eigenvalue weighted by Crippen LogP contribution is 2.28. The van der Waals surface area contributed by atoms with Crippen LogP contribution in [0.5, 0.6) is 5.75 Å². The molecule has 0 bridgehead atoms. The third-order valence-corrected chi connectivity index (χ3v) is 3.84. The third kappa shape index (κ3) is 4.04. The average molecular weight is 278 g/mol. The Bertz CT molecular complexity index is 417. The largest absolute Gasteiger partial charge is 0.491 e. The van der Waals surface area contributed by atoms with Gasteiger partial charge in [0.1, 0.15) is 5.75 Å². The highest BCUT2D eigenvalue weighted by Gasteiger charge is 2.20. The van der Waals surface area contributed by atoms with Crippen LogP contribution in [0, 0.1) is 5.92 Å². The van der Waals surface area contributed by atoms with E-state index in [0.29, 0.717) is 24.3 Å². The Hall–Kier alpha value is -1.42. The monoisotopic (exact) mass is 278 g/mol. The number of nitrogen functional groups attached to an aromatic ring is 1. The quantitative estimate of drug-likeness (QED) is 0.784.